The number of allylic oxidation sites excluding steroid dienone is 1. The SMILES string of the molecule is C/C(=C\C(=O)NCCCN1CCN(c2ncccn2)CC1)c1ccc(F)cc1. The second-order valence-corrected chi connectivity index (χ2v) is 6.86. The predicted molar refractivity (Wildman–Crippen MR) is 108 cm³/mol. The number of hydrogen-bond donors (Lipinski definition) is 1. The summed E-state index contributed by atoms with van der Waals surface area (Å²) in [6.07, 6.45) is 6.00. The molecule has 1 aliphatic heterocycles. The molecule has 2 heterocycles. The summed E-state index contributed by atoms with van der Waals surface area (Å²) in [6, 6.07) is 7.97. The first-order valence-corrected chi connectivity index (χ1v) is 9.58. The quantitative estimate of drug-likeness (QED) is 0.587. The van der Waals surface area contributed by atoms with Crippen molar-refractivity contribution in [1.29, 1.82) is 0 Å². The van der Waals surface area contributed by atoms with Crippen molar-refractivity contribution in [3.8, 4) is 0 Å². The summed E-state index contributed by atoms with van der Waals surface area (Å²) in [5.74, 6) is 0.392. The highest BCUT2D eigenvalue weighted by Gasteiger charge is 2.18. The maximum Gasteiger partial charge on any atom is 0.244 e. The van der Waals surface area contributed by atoms with E-state index in [1.54, 1.807) is 30.6 Å². The van der Waals surface area contributed by atoms with Gasteiger partial charge in [0.1, 0.15) is 5.82 Å². The number of hydrogen-bond acceptors (Lipinski definition) is 5. The number of anilines is 1. The van der Waals surface area contributed by atoms with Crippen LogP contribution in [0.4, 0.5) is 10.3 Å². The lowest BCUT2D eigenvalue weighted by atomic mass is 10.1. The molecule has 0 saturated carbocycles. The first kappa shape index (κ1) is 19.9. The zero-order chi connectivity index (χ0) is 19.8. The van der Waals surface area contributed by atoms with Crippen LogP contribution in [-0.2, 0) is 4.79 Å². The number of nitrogens with zero attached hydrogens (tertiary/aromatic N) is 4. The first-order chi connectivity index (χ1) is 13.6. The van der Waals surface area contributed by atoms with Gasteiger partial charge in [0.15, 0.2) is 0 Å². The zero-order valence-corrected chi connectivity index (χ0v) is 16.1. The van der Waals surface area contributed by atoms with E-state index in [1.165, 1.54) is 12.1 Å². The maximum absolute atomic E-state index is 13.0. The molecule has 1 aromatic heterocycles. The molecule has 0 bridgehead atoms. The Bertz CT molecular complexity index is 786. The van der Waals surface area contributed by atoms with Gasteiger partial charge in [-0.3, -0.25) is 9.69 Å². The van der Waals surface area contributed by atoms with Gasteiger partial charge in [-0.05, 0) is 49.2 Å². The lowest BCUT2D eigenvalue weighted by Gasteiger charge is -2.34. The molecule has 1 saturated heterocycles. The van der Waals surface area contributed by atoms with Crippen molar-refractivity contribution in [3.63, 3.8) is 0 Å². The Morgan fingerprint density at radius 3 is 2.50 bits per heavy atom. The topological polar surface area (TPSA) is 61.4 Å². The maximum atomic E-state index is 13.0. The van der Waals surface area contributed by atoms with Crippen molar-refractivity contribution in [2.24, 2.45) is 0 Å². The highest BCUT2D eigenvalue weighted by molar-refractivity contribution is 5.94. The van der Waals surface area contributed by atoms with Crippen molar-refractivity contribution in [2.75, 3.05) is 44.2 Å². The molecule has 1 aliphatic rings. The van der Waals surface area contributed by atoms with Crippen molar-refractivity contribution < 1.29 is 9.18 Å². The number of aromatic nitrogens is 2. The number of benzene rings is 1. The number of piperazine rings is 1. The number of carbonyl (C=O) groups is 1. The second kappa shape index (κ2) is 9.94. The van der Waals surface area contributed by atoms with Crippen LogP contribution in [0.2, 0.25) is 0 Å². The minimum absolute atomic E-state index is 0.118. The lowest BCUT2D eigenvalue weighted by molar-refractivity contribution is -0.116. The Kier molecular flexibility index (Phi) is 7.08. The Morgan fingerprint density at radius 2 is 1.82 bits per heavy atom. The average molecular weight is 383 g/mol. The summed E-state index contributed by atoms with van der Waals surface area (Å²) in [6.45, 7) is 7.19. The molecule has 6 nitrogen and oxygen atoms in total. The summed E-state index contributed by atoms with van der Waals surface area (Å²) in [5, 5.41) is 2.92. The molecule has 0 aliphatic carbocycles. The fourth-order valence-corrected chi connectivity index (χ4v) is 3.18. The molecular weight excluding hydrogens is 357 g/mol. The summed E-state index contributed by atoms with van der Waals surface area (Å²) < 4.78 is 13.0. The van der Waals surface area contributed by atoms with E-state index in [9.17, 15) is 9.18 Å². The normalized spacial score (nSPS) is 15.5. The van der Waals surface area contributed by atoms with Gasteiger partial charge in [0.2, 0.25) is 11.9 Å². The van der Waals surface area contributed by atoms with Crippen molar-refractivity contribution in [1.82, 2.24) is 20.2 Å². The summed E-state index contributed by atoms with van der Waals surface area (Å²) >= 11 is 0. The van der Waals surface area contributed by atoms with E-state index in [0.717, 1.165) is 56.2 Å². The minimum atomic E-state index is -0.280. The molecule has 28 heavy (non-hydrogen) atoms. The smallest absolute Gasteiger partial charge is 0.244 e. The fourth-order valence-electron chi connectivity index (χ4n) is 3.18. The first-order valence-electron chi connectivity index (χ1n) is 9.58. The molecule has 2 aromatic rings. The summed E-state index contributed by atoms with van der Waals surface area (Å²) in [4.78, 5) is 25.2. The third-order valence-electron chi connectivity index (χ3n) is 4.80. The van der Waals surface area contributed by atoms with Gasteiger partial charge in [-0.15, -0.1) is 0 Å². The predicted octanol–water partition coefficient (Wildman–Crippen LogP) is 2.35. The Labute approximate surface area is 165 Å². The van der Waals surface area contributed by atoms with Gasteiger partial charge in [0.25, 0.3) is 0 Å². The van der Waals surface area contributed by atoms with Crippen LogP contribution in [0.5, 0.6) is 0 Å². The van der Waals surface area contributed by atoms with E-state index < -0.39 is 0 Å². The van der Waals surface area contributed by atoms with Gasteiger partial charge in [0, 0.05) is 51.2 Å². The van der Waals surface area contributed by atoms with E-state index in [-0.39, 0.29) is 11.7 Å². The van der Waals surface area contributed by atoms with Crippen LogP contribution in [0.3, 0.4) is 0 Å². The Balaban J connectivity index is 1.34. The summed E-state index contributed by atoms with van der Waals surface area (Å²) in [5.41, 5.74) is 1.66. The summed E-state index contributed by atoms with van der Waals surface area (Å²) in [7, 11) is 0. The van der Waals surface area contributed by atoms with Crippen LogP contribution < -0.4 is 10.2 Å². The van der Waals surface area contributed by atoms with Gasteiger partial charge in [0.05, 0.1) is 0 Å². The van der Waals surface area contributed by atoms with Gasteiger partial charge in [-0.2, -0.15) is 0 Å². The molecule has 0 unspecified atom stereocenters. The van der Waals surface area contributed by atoms with Crippen molar-refractivity contribution >= 4 is 17.4 Å². The third kappa shape index (κ3) is 5.85. The molecule has 7 heteroatoms. The van der Waals surface area contributed by atoms with Crippen LogP contribution in [0, 0.1) is 5.82 Å². The minimum Gasteiger partial charge on any atom is -0.352 e. The molecular formula is C21H26FN5O. The molecule has 3 rings (SSSR count). The van der Waals surface area contributed by atoms with E-state index in [4.69, 9.17) is 0 Å². The number of nitrogens with one attached hydrogen (secondary N) is 1. The largest absolute Gasteiger partial charge is 0.352 e. The molecule has 1 amide bonds. The number of amides is 1. The highest BCUT2D eigenvalue weighted by Crippen LogP contribution is 2.14. The van der Waals surface area contributed by atoms with Gasteiger partial charge >= 0.3 is 0 Å². The van der Waals surface area contributed by atoms with E-state index in [2.05, 4.69) is 25.1 Å². The van der Waals surface area contributed by atoms with Gasteiger partial charge < -0.3 is 10.2 Å². The van der Waals surface area contributed by atoms with Crippen LogP contribution in [0.1, 0.15) is 18.9 Å². The van der Waals surface area contributed by atoms with Gasteiger partial charge in [-0.1, -0.05) is 12.1 Å². The number of rotatable bonds is 7. The Hall–Kier alpha value is -2.80. The monoisotopic (exact) mass is 383 g/mol. The van der Waals surface area contributed by atoms with Crippen LogP contribution in [-0.4, -0.2) is 60.0 Å². The molecule has 1 fully saturated rings. The van der Waals surface area contributed by atoms with Gasteiger partial charge in [-0.25, -0.2) is 14.4 Å². The van der Waals surface area contributed by atoms with Crippen LogP contribution in [0.25, 0.3) is 5.57 Å². The highest BCUT2D eigenvalue weighted by atomic mass is 19.1. The van der Waals surface area contributed by atoms with E-state index in [0.29, 0.717) is 6.54 Å². The fraction of sp³-hybridized carbons (Fsp3) is 0.381. The number of halogens is 1. The number of carbonyl (C=O) groups excluding carboxylic acids is 1. The molecule has 1 N–H and O–H groups in total. The molecule has 148 valence electrons. The third-order valence-corrected chi connectivity index (χ3v) is 4.80. The standard InChI is InChI=1S/C21H26FN5O/c1-17(18-4-6-19(22)7-5-18)16-20(28)23-10-3-11-26-12-14-27(15-13-26)21-24-8-2-9-25-21/h2,4-9,16H,3,10-15H2,1H3,(H,23,28)/b17-16+. The van der Waals surface area contributed by atoms with Crippen molar-refractivity contribution in [3.05, 3.63) is 60.2 Å². The van der Waals surface area contributed by atoms with Crippen LogP contribution in [0.15, 0.2) is 48.8 Å². The van der Waals surface area contributed by atoms with Crippen LogP contribution >= 0.6 is 0 Å². The molecule has 0 spiro atoms. The second-order valence-electron chi connectivity index (χ2n) is 6.86. The lowest BCUT2D eigenvalue weighted by Crippen LogP contribution is -2.47. The average Bonchev–Trinajstić information content (AvgIpc) is 2.73. The van der Waals surface area contributed by atoms with E-state index >= 15 is 0 Å². The Morgan fingerprint density at radius 1 is 1.14 bits per heavy atom. The van der Waals surface area contributed by atoms with Crippen molar-refractivity contribution in [2.45, 2.75) is 13.3 Å². The molecule has 0 atom stereocenters. The zero-order valence-electron chi connectivity index (χ0n) is 16.1. The molecule has 1 aromatic carbocycles. The van der Waals surface area contributed by atoms with E-state index in [1.807, 2.05) is 13.0 Å². The molecule has 0 radical (unpaired) electrons.